The lowest BCUT2D eigenvalue weighted by Crippen LogP contribution is -2.05. The minimum atomic E-state index is -0.382. The van der Waals surface area contributed by atoms with E-state index in [1.807, 2.05) is 40.3 Å². The molecular formula is C20H19Cl2FN6. The Morgan fingerprint density at radius 1 is 0.931 bits per heavy atom. The first kappa shape index (κ1) is 19.7. The molecule has 3 heterocycles. The van der Waals surface area contributed by atoms with Gasteiger partial charge in [-0.15, -0.1) is 0 Å². The molecule has 0 aliphatic rings. The Kier molecular flexibility index (Phi) is 4.96. The van der Waals surface area contributed by atoms with Crippen LogP contribution in [0.3, 0.4) is 0 Å². The van der Waals surface area contributed by atoms with Gasteiger partial charge in [0.15, 0.2) is 0 Å². The fourth-order valence-electron chi connectivity index (χ4n) is 3.46. The molecule has 150 valence electrons. The van der Waals surface area contributed by atoms with Crippen molar-refractivity contribution < 1.29 is 4.39 Å². The number of hydrogen-bond acceptors (Lipinski definition) is 3. The number of halogens is 3. The van der Waals surface area contributed by atoms with Gasteiger partial charge >= 0.3 is 0 Å². The van der Waals surface area contributed by atoms with Gasteiger partial charge in [-0.25, -0.2) is 4.39 Å². The van der Waals surface area contributed by atoms with Gasteiger partial charge in [0.25, 0.3) is 0 Å². The second kappa shape index (κ2) is 7.31. The largest absolute Gasteiger partial charge is 0.275 e. The van der Waals surface area contributed by atoms with Gasteiger partial charge in [-0.05, 0) is 31.5 Å². The van der Waals surface area contributed by atoms with E-state index in [2.05, 4.69) is 10.2 Å². The van der Waals surface area contributed by atoms with Crippen LogP contribution in [-0.4, -0.2) is 29.3 Å². The average Bonchev–Trinajstić information content (AvgIpc) is 3.25. The quantitative estimate of drug-likeness (QED) is 0.465. The van der Waals surface area contributed by atoms with Crippen molar-refractivity contribution in [2.75, 3.05) is 0 Å². The van der Waals surface area contributed by atoms with Crippen LogP contribution in [0.1, 0.15) is 17.0 Å². The lowest BCUT2D eigenvalue weighted by molar-refractivity contribution is 0.625. The molecule has 3 aromatic heterocycles. The summed E-state index contributed by atoms with van der Waals surface area (Å²) in [6, 6.07) is 4.33. The van der Waals surface area contributed by atoms with Crippen LogP contribution in [0.15, 0.2) is 30.6 Å². The van der Waals surface area contributed by atoms with Crippen LogP contribution in [0, 0.1) is 19.7 Å². The molecule has 29 heavy (non-hydrogen) atoms. The number of aryl methyl sites for hydroxylation is 4. The molecule has 0 N–H and O–H groups in total. The Morgan fingerprint density at radius 3 is 2.10 bits per heavy atom. The third kappa shape index (κ3) is 3.56. The molecule has 4 aromatic rings. The third-order valence-electron chi connectivity index (χ3n) is 4.77. The first-order valence-corrected chi connectivity index (χ1v) is 9.71. The zero-order valence-corrected chi connectivity index (χ0v) is 17.9. The molecule has 0 radical (unpaired) electrons. The predicted molar refractivity (Wildman–Crippen MR) is 112 cm³/mol. The van der Waals surface area contributed by atoms with Gasteiger partial charge in [0.2, 0.25) is 0 Å². The Balaban J connectivity index is 1.92. The zero-order valence-electron chi connectivity index (χ0n) is 16.4. The Labute approximate surface area is 177 Å². The van der Waals surface area contributed by atoms with E-state index in [1.165, 1.54) is 12.1 Å². The van der Waals surface area contributed by atoms with Crippen LogP contribution in [0.4, 0.5) is 4.39 Å². The Morgan fingerprint density at radius 2 is 1.55 bits per heavy atom. The second-order valence-electron chi connectivity index (χ2n) is 7.01. The molecule has 1 aromatic carbocycles. The van der Waals surface area contributed by atoms with E-state index < -0.39 is 0 Å². The monoisotopic (exact) mass is 432 g/mol. The van der Waals surface area contributed by atoms with Gasteiger partial charge in [0, 0.05) is 42.6 Å². The van der Waals surface area contributed by atoms with Crippen molar-refractivity contribution in [2.45, 2.75) is 20.4 Å². The molecule has 0 unspecified atom stereocenters. The molecule has 0 aliphatic heterocycles. The molecule has 0 bridgehead atoms. The summed E-state index contributed by atoms with van der Waals surface area (Å²) >= 11 is 13.1. The fourth-order valence-corrected chi connectivity index (χ4v) is 4.03. The summed E-state index contributed by atoms with van der Waals surface area (Å²) in [5, 5.41) is 14.5. The molecule has 9 heteroatoms. The Bertz CT molecular complexity index is 1220. The molecule has 6 nitrogen and oxygen atoms in total. The maximum Gasteiger partial charge on any atom is 0.124 e. The molecule has 0 saturated carbocycles. The number of benzene rings is 1. The summed E-state index contributed by atoms with van der Waals surface area (Å²) < 4.78 is 18.7. The van der Waals surface area contributed by atoms with Crippen molar-refractivity contribution in [3.05, 3.63) is 63.4 Å². The minimum absolute atomic E-state index is 0.335. The van der Waals surface area contributed by atoms with E-state index in [4.69, 9.17) is 28.3 Å². The third-order valence-corrected chi connectivity index (χ3v) is 5.48. The average molecular weight is 433 g/mol. The molecule has 0 saturated heterocycles. The van der Waals surface area contributed by atoms with Crippen molar-refractivity contribution in [1.82, 2.24) is 29.3 Å². The maximum absolute atomic E-state index is 13.5. The van der Waals surface area contributed by atoms with Crippen molar-refractivity contribution in [1.29, 1.82) is 0 Å². The van der Waals surface area contributed by atoms with Crippen molar-refractivity contribution >= 4 is 23.2 Å². The summed E-state index contributed by atoms with van der Waals surface area (Å²) in [4.78, 5) is 0. The van der Waals surface area contributed by atoms with Gasteiger partial charge in [0.1, 0.15) is 11.5 Å². The topological polar surface area (TPSA) is 53.5 Å². The van der Waals surface area contributed by atoms with E-state index in [-0.39, 0.29) is 5.82 Å². The molecule has 0 aliphatic carbocycles. The minimum Gasteiger partial charge on any atom is -0.275 e. The summed E-state index contributed by atoms with van der Waals surface area (Å²) in [5.74, 6) is -0.382. The highest BCUT2D eigenvalue weighted by atomic mass is 35.5. The van der Waals surface area contributed by atoms with Crippen LogP contribution in [0.25, 0.3) is 22.5 Å². The number of nitrogens with zero attached hydrogens (tertiary/aromatic N) is 6. The highest BCUT2D eigenvalue weighted by molar-refractivity contribution is 6.35. The lowest BCUT2D eigenvalue weighted by Gasteiger charge is -2.09. The summed E-state index contributed by atoms with van der Waals surface area (Å²) in [7, 11) is 3.71. The molecule has 4 rings (SSSR count). The van der Waals surface area contributed by atoms with Crippen LogP contribution in [-0.2, 0) is 20.6 Å². The number of hydrogen-bond donors (Lipinski definition) is 0. The van der Waals surface area contributed by atoms with Gasteiger partial charge < -0.3 is 0 Å². The van der Waals surface area contributed by atoms with E-state index in [9.17, 15) is 4.39 Å². The number of aromatic nitrogens is 6. The van der Waals surface area contributed by atoms with Crippen LogP contribution in [0.2, 0.25) is 10.0 Å². The van der Waals surface area contributed by atoms with Crippen molar-refractivity contribution in [3.8, 4) is 22.5 Å². The van der Waals surface area contributed by atoms with Crippen molar-refractivity contribution in [3.63, 3.8) is 0 Å². The van der Waals surface area contributed by atoms with Crippen LogP contribution < -0.4 is 0 Å². The van der Waals surface area contributed by atoms with E-state index in [1.54, 1.807) is 20.1 Å². The number of rotatable bonds is 4. The lowest BCUT2D eigenvalue weighted by atomic mass is 10.1. The molecular weight excluding hydrogens is 414 g/mol. The first-order chi connectivity index (χ1) is 13.7. The first-order valence-electron chi connectivity index (χ1n) is 8.96. The maximum atomic E-state index is 13.5. The fraction of sp³-hybridized carbons (Fsp3) is 0.250. The molecule has 0 amide bonds. The zero-order chi connectivity index (χ0) is 20.9. The van der Waals surface area contributed by atoms with Crippen LogP contribution >= 0.6 is 23.2 Å². The van der Waals surface area contributed by atoms with Gasteiger partial charge in [-0.3, -0.25) is 14.0 Å². The van der Waals surface area contributed by atoms with E-state index >= 15 is 0 Å². The van der Waals surface area contributed by atoms with Crippen molar-refractivity contribution in [2.24, 2.45) is 14.1 Å². The summed E-state index contributed by atoms with van der Waals surface area (Å²) in [6.45, 7) is 4.17. The highest BCUT2D eigenvalue weighted by Crippen LogP contribution is 2.39. The standard InChI is InChI=1S/C20H19Cl2FN6/c1-11-15(9-27(3)24-11)19-18(22)20(16-10-28(4)25-12(16)2)29(26-19)8-13-5-6-14(23)7-17(13)21/h5-7,9-10H,8H2,1-4H3. The van der Waals surface area contributed by atoms with Gasteiger partial charge in [0.05, 0.1) is 28.6 Å². The highest BCUT2D eigenvalue weighted by Gasteiger charge is 2.24. The molecule has 0 spiro atoms. The Hall–Kier alpha value is -2.64. The predicted octanol–water partition coefficient (Wildman–Crippen LogP) is 4.80. The summed E-state index contributed by atoms with van der Waals surface area (Å²) in [6.07, 6.45) is 3.79. The normalized spacial score (nSPS) is 11.4. The van der Waals surface area contributed by atoms with Gasteiger partial charge in [-0.2, -0.15) is 15.3 Å². The summed E-state index contributed by atoms with van der Waals surface area (Å²) in [5.41, 5.74) is 5.48. The smallest absolute Gasteiger partial charge is 0.124 e. The van der Waals surface area contributed by atoms with E-state index in [0.29, 0.717) is 22.3 Å². The van der Waals surface area contributed by atoms with Crippen LogP contribution in [0.5, 0.6) is 0 Å². The van der Waals surface area contributed by atoms with E-state index in [0.717, 1.165) is 33.8 Å². The second-order valence-corrected chi connectivity index (χ2v) is 7.79. The van der Waals surface area contributed by atoms with Gasteiger partial charge in [-0.1, -0.05) is 29.3 Å². The molecule has 0 fully saturated rings. The molecule has 0 atom stereocenters. The SMILES string of the molecule is Cc1nn(C)cc1-c1nn(Cc2ccc(F)cc2Cl)c(-c2cn(C)nc2C)c1Cl.